The van der Waals surface area contributed by atoms with Crippen LogP contribution in [0.3, 0.4) is 0 Å². The first-order valence-corrected chi connectivity index (χ1v) is 4.81. The molecule has 15 heavy (non-hydrogen) atoms. The average molecular weight is 206 g/mol. The Bertz CT molecular complexity index is 458. The molecule has 0 aliphatic heterocycles. The molecule has 5 nitrogen and oxygen atoms in total. The molecule has 0 aliphatic carbocycles. The Morgan fingerprint density at radius 1 is 1.53 bits per heavy atom. The summed E-state index contributed by atoms with van der Waals surface area (Å²) in [6.07, 6.45) is 3.67. The predicted molar refractivity (Wildman–Crippen MR) is 56.2 cm³/mol. The maximum atomic E-state index is 5.25. The van der Waals surface area contributed by atoms with Gasteiger partial charge in [0.1, 0.15) is 0 Å². The lowest BCUT2D eigenvalue weighted by Crippen LogP contribution is -2.04. The van der Waals surface area contributed by atoms with Gasteiger partial charge in [0.15, 0.2) is 5.76 Å². The molecule has 2 aromatic rings. The molecule has 2 aromatic heterocycles. The van der Waals surface area contributed by atoms with E-state index in [4.69, 9.17) is 4.52 Å². The number of hydrogen-bond acceptors (Lipinski definition) is 4. The van der Waals surface area contributed by atoms with Gasteiger partial charge >= 0.3 is 0 Å². The molecule has 0 saturated carbocycles. The quantitative estimate of drug-likeness (QED) is 0.817. The van der Waals surface area contributed by atoms with Gasteiger partial charge in [-0.3, -0.25) is 4.68 Å². The second-order valence-corrected chi connectivity index (χ2v) is 3.51. The smallest absolute Gasteiger partial charge is 0.174 e. The van der Waals surface area contributed by atoms with Crippen molar-refractivity contribution < 1.29 is 4.52 Å². The van der Waals surface area contributed by atoms with Crippen LogP contribution in [0.15, 0.2) is 16.9 Å². The average Bonchev–Trinajstić information content (AvgIpc) is 2.73. The molecule has 0 unspecified atom stereocenters. The van der Waals surface area contributed by atoms with Crippen molar-refractivity contribution in [1.82, 2.24) is 20.3 Å². The van der Waals surface area contributed by atoms with E-state index in [1.807, 2.05) is 27.2 Å². The van der Waals surface area contributed by atoms with E-state index in [-0.39, 0.29) is 0 Å². The van der Waals surface area contributed by atoms with Gasteiger partial charge < -0.3 is 9.84 Å². The van der Waals surface area contributed by atoms with Gasteiger partial charge in [-0.05, 0) is 14.0 Å². The van der Waals surface area contributed by atoms with Crippen LogP contribution in [0.4, 0.5) is 0 Å². The lowest BCUT2D eigenvalue weighted by Gasteiger charge is -1.97. The van der Waals surface area contributed by atoms with Crippen molar-refractivity contribution in [2.75, 3.05) is 7.05 Å². The monoisotopic (exact) mass is 206 g/mol. The van der Waals surface area contributed by atoms with E-state index in [1.54, 1.807) is 10.9 Å². The summed E-state index contributed by atoms with van der Waals surface area (Å²) < 4.78 is 7.03. The lowest BCUT2D eigenvalue weighted by molar-refractivity contribution is 0.431. The van der Waals surface area contributed by atoms with Gasteiger partial charge in [0.2, 0.25) is 0 Å². The fourth-order valence-electron chi connectivity index (χ4n) is 1.62. The minimum absolute atomic E-state index is 0.743. The third-order valence-electron chi connectivity index (χ3n) is 2.27. The number of aryl methyl sites for hydroxylation is 2. The molecule has 0 radical (unpaired) electrons. The van der Waals surface area contributed by atoms with Crippen molar-refractivity contribution in [3.63, 3.8) is 0 Å². The molecule has 2 rings (SSSR count). The summed E-state index contributed by atoms with van der Waals surface area (Å²) in [5.74, 6) is 0.801. The zero-order valence-corrected chi connectivity index (χ0v) is 9.11. The molecule has 0 spiro atoms. The highest BCUT2D eigenvalue weighted by molar-refractivity contribution is 5.62. The van der Waals surface area contributed by atoms with Gasteiger partial charge in [0.05, 0.1) is 17.5 Å². The number of aromatic nitrogens is 3. The molecule has 0 atom stereocenters. The van der Waals surface area contributed by atoms with E-state index in [9.17, 15) is 0 Å². The Morgan fingerprint density at radius 2 is 2.33 bits per heavy atom. The number of hydrogen-bond donors (Lipinski definition) is 1. The van der Waals surface area contributed by atoms with Gasteiger partial charge in [-0.15, -0.1) is 0 Å². The van der Waals surface area contributed by atoms with Crippen molar-refractivity contribution in [3.05, 3.63) is 23.7 Å². The van der Waals surface area contributed by atoms with E-state index in [0.717, 1.165) is 29.1 Å². The third kappa shape index (κ3) is 1.78. The van der Waals surface area contributed by atoms with E-state index in [1.165, 1.54) is 0 Å². The summed E-state index contributed by atoms with van der Waals surface area (Å²) in [5, 5.41) is 11.2. The molecular formula is C10H14N4O. The summed E-state index contributed by atoms with van der Waals surface area (Å²) in [4.78, 5) is 0. The largest absolute Gasteiger partial charge is 0.356 e. The van der Waals surface area contributed by atoms with Crippen molar-refractivity contribution in [2.24, 2.45) is 7.05 Å². The van der Waals surface area contributed by atoms with Crippen molar-refractivity contribution in [2.45, 2.75) is 13.5 Å². The van der Waals surface area contributed by atoms with Crippen LogP contribution in [-0.4, -0.2) is 22.0 Å². The van der Waals surface area contributed by atoms with Crippen LogP contribution in [0.5, 0.6) is 0 Å². The standard InChI is InChI=1S/C10H14N4O/c1-7-9(6-14(3)13-7)10-8(4-11-2)5-12-15-10/h5-6,11H,4H2,1-3H3. The molecule has 0 aliphatic rings. The maximum Gasteiger partial charge on any atom is 0.174 e. The van der Waals surface area contributed by atoms with Crippen LogP contribution in [-0.2, 0) is 13.6 Å². The highest BCUT2D eigenvalue weighted by Gasteiger charge is 2.14. The SMILES string of the molecule is CNCc1cnoc1-c1cn(C)nc1C. The van der Waals surface area contributed by atoms with Crippen molar-refractivity contribution >= 4 is 0 Å². The Kier molecular flexibility index (Phi) is 2.55. The zero-order chi connectivity index (χ0) is 10.8. The number of nitrogens with zero attached hydrogens (tertiary/aromatic N) is 3. The fraction of sp³-hybridized carbons (Fsp3) is 0.400. The molecule has 0 fully saturated rings. The van der Waals surface area contributed by atoms with Crippen LogP contribution in [0.25, 0.3) is 11.3 Å². The molecule has 5 heteroatoms. The molecule has 0 aromatic carbocycles. The fourth-order valence-corrected chi connectivity index (χ4v) is 1.62. The Balaban J connectivity index is 2.44. The van der Waals surface area contributed by atoms with Crippen LogP contribution < -0.4 is 5.32 Å². The first kappa shape index (κ1) is 9.92. The zero-order valence-electron chi connectivity index (χ0n) is 9.11. The van der Waals surface area contributed by atoms with Crippen molar-refractivity contribution in [1.29, 1.82) is 0 Å². The Hall–Kier alpha value is -1.62. The first-order chi connectivity index (χ1) is 7.22. The molecule has 2 heterocycles. The normalized spacial score (nSPS) is 10.9. The van der Waals surface area contributed by atoms with E-state index >= 15 is 0 Å². The second-order valence-electron chi connectivity index (χ2n) is 3.51. The van der Waals surface area contributed by atoms with Gasteiger partial charge in [-0.25, -0.2) is 0 Å². The second kappa shape index (κ2) is 3.86. The van der Waals surface area contributed by atoms with Crippen LogP contribution >= 0.6 is 0 Å². The summed E-state index contributed by atoms with van der Waals surface area (Å²) in [7, 11) is 3.79. The highest BCUT2D eigenvalue weighted by atomic mass is 16.5. The summed E-state index contributed by atoms with van der Waals surface area (Å²) in [6.45, 7) is 2.70. The third-order valence-corrected chi connectivity index (χ3v) is 2.27. The van der Waals surface area contributed by atoms with Gasteiger partial charge in [-0.2, -0.15) is 5.10 Å². The van der Waals surface area contributed by atoms with Crippen LogP contribution in [0.2, 0.25) is 0 Å². The van der Waals surface area contributed by atoms with E-state index in [0.29, 0.717) is 0 Å². The van der Waals surface area contributed by atoms with Gasteiger partial charge in [0.25, 0.3) is 0 Å². The molecule has 0 bridgehead atoms. The minimum atomic E-state index is 0.743. The van der Waals surface area contributed by atoms with Crippen LogP contribution in [0.1, 0.15) is 11.3 Å². The minimum Gasteiger partial charge on any atom is -0.356 e. The first-order valence-electron chi connectivity index (χ1n) is 4.81. The van der Waals surface area contributed by atoms with E-state index in [2.05, 4.69) is 15.6 Å². The lowest BCUT2D eigenvalue weighted by atomic mass is 10.1. The number of rotatable bonds is 3. The number of nitrogens with one attached hydrogen (secondary N) is 1. The highest BCUT2D eigenvalue weighted by Crippen LogP contribution is 2.25. The maximum absolute atomic E-state index is 5.25. The summed E-state index contributed by atoms with van der Waals surface area (Å²) >= 11 is 0. The molecule has 1 N–H and O–H groups in total. The van der Waals surface area contributed by atoms with Gasteiger partial charge in [-0.1, -0.05) is 5.16 Å². The predicted octanol–water partition coefficient (Wildman–Crippen LogP) is 1.10. The van der Waals surface area contributed by atoms with Crippen molar-refractivity contribution in [3.8, 4) is 11.3 Å². The molecular weight excluding hydrogens is 192 g/mol. The van der Waals surface area contributed by atoms with E-state index < -0.39 is 0 Å². The Labute approximate surface area is 88.1 Å². The van der Waals surface area contributed by atoms with Crippen LogP contribution in [0, 0.1) is 6.92 Å². The van der Waals surface area contributed by atoms with Gasteiger partial charge in [0, 0.05) is 25.4 Å². The molecule has 0 saturated heterocycles. The topological polar surface area (TPSA) is 55.9 Å². The molecule has 80 valence electrons. The Morgan fingerprint density at radius 3 is 2.93 bits per heavy atom. The summed E-state index contributed by atoms with van der Waals surface area (Å²) in [6, 6.07) is 0. The molecule has 0 amide bonds. The summed E-state index contributed by atoms with van der Waals surface area (Å²) in [5.41, 5.74) is 3.00.